The molecule has 0 aliphatic rings. The van der Waals surface area contributed by atoms with Crippen LogP contribution in [0.15, 0.2) is 41.8 Å². The number of phenols is 1. The fraction of sp³-hybridized carbons (Fsp3) is 0.0588. The summed E-state index contributed by atoms with van der Waals surface area (Å²) < 4.78 is 13.4. The van der Waals surface area contributed by atoms with Crippen LogP contribution >= 0.6 is 11.3 Å². The topological polar surface area (TPSA) is 76.2 Å². The normalized spacial score (nSPS) is 10.7. The minimum absolute atomic E-state index is 0.0506. The molecule has 2 aromatic carbocycles. The lowest BCUT2D eigenvalue weighted by Crippen LogP contribution is -2.11. The highest BCUT2D eigenvalue weighted by Crippen LogP contribution is 2.31. The van der Waals surface area contributed by atoms with E-state index in [0.29, 0.717) is 16.8 Å². The number of rotatable bonds is 3. The van der Waals surface area contributed by atoms with Crippen LogP contribution in [-0.4, -0.2) is 16.0 Å². The SMILES string of the molecule is Cc1cc(-c2nc(-c3ccc(O)c(C(N)=O)c3)cs2)ccc1F. The van der Waals surface area contributed by atoms with Crippen molar-refractivity contribution >= 4 is 17.2 Å². The largest absolute Gasteiger partial charge is 0.507 e. The number of aromatic hydroxyl groups is 1. The number of carbonyl (C=O) groups excluding carboxylic acids is 1. The monoisotopic (exact) mass is 328 g/mol. The predicted molar refractivity (Wildman–Crippen MR) is 87.9 cm³/mol. The number of amides is 1. The first kappa shape index (κ1) is 15.2. The van der Waals surface area contributed by atoms with E-state index in [9.17, 15) is 14.3 Å². The summed E-state index contributed by atoms with van der Waals surface area (Å²) in [4.78, 5) is 15.8. The molecule has 1 heterocycles. The Morgan fingerprint density at radius 3 is 2.65 bits per heavy atom. The third kappa shape index (κ3) is 2.93. The Balaban J connectivity index is 2.00. The van der Waals surface area contributed by atoms with Gasteiger partial charge in [-0.15, -0.1) is 11.3 Å². The molecule has 0 radical (unpaired) electrons. The maximum atomic E-state index is 13.4. The van der Waals surface area contributed by atoms with E-state index in [-0.39, 0.29) is 17.1 Å². The van der Waals surface area contributed by atoms with E-state index >= 15 is 0 Å². The van der Waals surface area contributed by atoms with Crippen LogP contribution in [-0.2, 0) is 0 Å². The third-order valence-corrected chi connectivity index (χ3v) is 4.36. The Morgan fingerprint density at radius 1 is 1.22 bits per heavy atom. The summed E-state index contributed by atoms with van der Waals surface area (Å²) in [5.74, 6) is -1.12. The number of thiazole rings is 1. The van der Waals surface area contributed by atoms with E-state index in [2.05, 4.69) is 4.98 Å². The predicted octanol–water partition coefficient (Wildman–Crippen LogP) is 3.73. The number of hydrogen-bond acceptors (Lipinski definition) is 4. The third-order valence-electron chi connectivity index (χ3n) is 3.47. The molecule has 3 aromatic rings. The lowest BCUT2D eigenvalue weighted by Gasteiger charge is -2.03. The minimum Gasteiger partial charge on any atom is -0.507 e. The smallest absolute Gasteiger partial charge is 0.252 e. The molecule has 0 spiro atoms. The van der Waals surface area contributed by atoms with Crippen LogP contribution in [0.5, 0.6) is 5.75 Å². The van der Waals surface area contributed by atoms with Crippen LogP contribution in [0.25, 0.3) is 21.8 Å². The lowest BCUT2D eigenvalue weighted by molar-refractivity contribution is 0.0998. The summed E-state index contributed by atoms with van der Waals surface area (Å²) in [7, 11) is 0. The fourth-order valence-corrected chi connectivity index (χ4v) is 3.04. The molecule has 3 N–H and O–H groups in total. The zero-order valence-electron chi connectivity index (χ0n) is 12.2. The molecule has 6 heteroatoms. The lowest BCUT2D eigenvalue weighted by atomic mass is 10.1. The number of benzene rings is 2. The van der Waals surface area contributed by atoms with Gasteiger partial charge in [0.2, 0.25) is 0 Å². The quantitative estimate of drug-likeness (QED) is 0.769. The Labute approximate surface area is 136 Å². The highest BCUT2D eigenvalue weighted by molar-refractivity contribution is 7.13. The zero-order valence-corrected chi connectivity index (χ0v) is 13.0. The Bertz CT molecular complexity index is 905. The molecule has 0 atom stereocenters. The van der Waals surface area contributed by atoms with Crippen LogP contribution in [0.4, 0.5) is 4.39 Å². The molecule has 3 rings (SSSR count). The number of aryl methyl sites for hydroxylation is 1. The molecule has 0 bridgehead atoms. The molecule has 1 aromatic heterocycles. The number of hydrogen-bond donors (Lipinski definition) is 2. The first-order valence-electron chi connectivity index (χ1n) is 6.81. The fourth-order valence-electron chi connectivity index (χ4n) is 2.21. The Hall–Kier alpha value is -2.73. The summed E-state index contributed by atoms with van der Waals surface area (Å²) >= 11 is 1.42. The van der Waals surface area contributed by atoms with Gasteiger partial charge in [0, 0.05) is 16.5 Å². The highest BCUT2D eigenvalue weighted by atomic mass is 32.1. The summed E-state index contributed by atoms with van der Waals surface area (Å²) in [6.45, 7) is 1.70. The molecule has 1 amide bonds. The standard InChI is InChI=1S/C17H13FN2O2S/c1-9-6-11(2-4-13(9)18)17-20-14(8-23-17)10-3-5-15(21)12(7-10)16(19)22/h2-8,21H,1H3,(H2,19,22). The molecule has 4 nitrogen and oxygen atoms in total. The van der Waals surface area contributed by atoms with Gasteiger partial charge in [-0.3, -0.25) is 4.79 Å². The van der Waals surface area contributed by atoms with Gasteiger partial charge in [0.15, 0.2) is 0 Å². The summed E-state index contributed by atoms with van der Waals surface area (Å²) in [6, 6.07) is 9.41. The van der Waals surface area contributed by atoms with E-state index < -0.39 is 5.91 Å². The van der Waals surface area contributed by atoms with Crippen molar-refractivity contribution in [2.75, 3.05) is 0 Å². The van der Waals surface area contributed by atoms with Crippen LogP contribution in [0.1, 0.15) is 15.9 Å². The van der Waals surface area contributed by atoms with Gasteiger partial charge < -0.3 is 10.8 Å². The maximum absolute atomic E-state index is 13.4. The highest BCUT2D eigenvalue weighted by Gasteiger charge is 2.12. The average Bonchev–Trinajstić information content (AvgIpc) is 3.00. The van der Waals surface area contributed by atoms with Crippen molar-refractivity contribution in [3.05, 3.63) is 58.7 Å². The molecule has 0 saturated carbocycles. The number of carbonyl (C=O) groups is 1. The van der Waals surface area contributed by atoms with Crippen molar-refractivity contribution in [2.45, 2.75) is 6.92 Å². The Morgan fingerprint density at radius 2 is 1.96 bits per heavy atom. The van der Waals surface area contributed by atoms with Crippen LogP contribution < -0.4 is 5.73 Å². The molecular formula is C17H13FN2O2S. The molecule has 0 fully saturated rings. The second-order valence-corrected chi connectivity index (χ2v) is 5.96. The van der Waals surface area contributed by atoms with Gasteiger partial charge in [0.25, 0.3) is 5.91 Å². The van der Waals surface area contributed by atoms with E-state index in [0.717, 1.165) is 10.6 Å². The molecule has 116 valence electrons. The number of aromatic nitrogens is 1. The van der Waals surface area contributed by atoms with Gasteiger partial charge in [-0.2, -0.15) is 0 Å². The molecule has 0 aliphatic heterocycles. The average molecular weight is 328 g/mol. The van der Waals surface area contributed by atoms with Crippen molar-refractivity contribution in [3.8, 4) is 27.6 Å². The van der Waals surface area contributed by atoms with Gasteiger partial charge in [0.05, 0.1) is 11.3 Å². The van der Waals surface area contributed by atoms with E-state index in [1.54, 1.807) is 25.1 Å². The second-order valence-electron chi connectivity index (χ2n) is 5.10. The first-order chi connectivity index (χ1) is 11.0. The van der Waals surface area contributed by atoms with Crippen molar-refractivity contribution in [3.63, 3.8) is 0 Å². The molecule has 0 aliphatic carbocycles. The number of primary amides is 1. The van der Waals surface area contributed by atoms with Crippen LogP contribution in [0.3, 0.4) is 0 Å². The number of nitrogens with two attached hydrogens (primary N) is 1. The molecule has 0 unspecified atom stereocenters. The summed E-state index contributed by atoms with van der Waals surface area (Å²) in [5.41, 5.74) is 8.01. The maximum Gasteiger partial charge on any atom is 0.252 e. The second kappa shape index (κ2) is 5.81. The van der Waals surface area contributed by atoms with Gasteiger partial charge in [-0.25, -0.2) is 9.37 Å². The van der Waals surface area contributed by atoms with E-state index in [1.165, 1.54) is 29.5 Å². The minimum atomic E-state index is -0.700. The van der Waals surface area contributed by atoms with Gasteiger partial charge in [-0.05, 0) is 48.9 Å². The summed E-state index contributed by atoms with van der Waals surface area (Å²) in [6.07, 6.45) is 0. The van der Waals surface area contributed by atoms with Crippen molar-refractivity contribution in [1.82, 2.24) is 4.98 Å². The Kier molecular flexibility index (Phi) is 3.83. The van der Waals surface area contributed by atoms with E-state index in [4.69, 9.17) is 5.73 Å². The zero-order chi connectivity index (χ0) is 16.6. The molecule has 23 heavy (non-hydrogen) atoms. The number of nitrogens with zero attached hydrogens (tertiary/aromatic N) is 1. The molecule has 0 saturated heterocycles. The summed E-state index contributed by atoms with van der Waals surface area (Å²) in [5, 5.41) is 12.2. The van der Waals surface area contributed by atoms with Crippen molar-refractivity contribution < 1.29 is 14.3 Å². The van der Waals surface area contributed by atoms with Gasteiger partial charge >= 0.3 is 0 Å². The number of halogens is 1. The van der Waals surface area contributed by atoms with Crippen molar-refractivity contribution in [1.29, 1.82) is 0 Å². The van der Waals surface area contributed by atoms with Gasteiger partial charge in [0.1, 0.15) is 16.6 Å². The van der Waals surface area contributed by atoms with E-state index in [1.807, 2.05) is 5.38 Å². The molecular weight excluding hydrogens is 315 g/mol. The van der Waals surface area contributed by atoms with Crippen molar-refractivity contribution in [2.24, 2.45) is 5.73 Å². The van der Waals surface area contributed by atoms with Crippen LogP contribution in [0, 0.1) is 12.7 Å². The van der Waals surface area contributed by atoms with Gasteiger partial charge in [-0.1, -0.05) is 0 Å². The first-order valence-corrected chi connectivity index (χ1v) is 7.69. The van der Waals surface area contributed by atoms with Crippen LogP contribution in [0.2, 0.25) is 0 Å².